The molecule has 1 unspecified atom stereocenters. The average Bonchev–Trinajstić information content (AvgIpc) is 3.11. The van der Waals surface area contributed by atoms with Crippen LogP contribution in [-0.4, -0.2) is 40.7 Å². The molecule has 150 valence electrons. The number of piperidine rings is 1. The highest BCUT2D eigenvalue weighted by Gasteiger charge is 2.30. The fraction of sp³-hybridized carbons (Fsp3) is 0.375. The highest BCUT2D eigenvalue weighted by atomic mass is 35.5. The predicted molar refractivity (Wildman–Crippen MR) is 116 cm³/mol. The summed E-state index contributed by atoms with van der Waals surface area (Å²) in [5.41, 5.74) is 4.69. The molecular formula is C24H26ClN3O. The summed E-state index contributed by atoms with van der Waals surface area (Å²) in [4.78, 5) is 7.43. The Morgan fingerprint density at radius 2 is 1.76 bits per heavy atom. The Bertz CT molecular complexity index is 990. The second-order valence-corrected chi connectivity index (χ2v) is 8.59. The highest BCUT2D eigenvalue weighted by Crippen LogP contribution is 2.35. The van der Waals surface area contributed by atoms with Gasteiger partial charge in [-0.25, -0.2) is 4.98 Å². The molecule has 29 heavy (non-hydrogen) atoms. The molecule has 5 heteroatoms. The molecule has 1 atom stereocenters. The van der Waals surface area contributed by atoms with Crippen LogP contribution in [0.1, 0.15) is 35.9 Å². The minimum absolute atomic E-state index is 0.122. The first-order chi connectivity index (χ1) is 14.2. The molecule has 0 amide bonds. The summed E-state index contributed by atoms with van der Waals surface area (Å²) in [7, 11) is 2.18. The first-order valence-electron chi connectivity index (χ1n) is 10.4. The van der Waals surface area contributed by atoms with E-state index in [1.165, 1.54) is 11.1 Å². The third kappa shape index (κ3) is 3.85. The van der Waals surface area contributed by atoms with E-state index in [0.29, 0.717) is 0 Å². The maximum Gasteiger partial charge on any atom is 0.143 e. The van der Waals surface area contributed by atoms with Gasteiger partial charge in [-0.1, -0.05) is 48.0 Å². The van der Waals surface area contributed by atoms with Crippen molar-refractivity contribution in [2.45, 2.75) is 38.0 Å². The van der Waals surface area contributed by atoms with Crippen molar-refractivity contribution < 1.29 is 4.74 Å². The monoisotopic (exact) mass is 407 g/mol. The summed E-state index contributed by atoms with van der Waals surface area (Å²) in [5.74, 6) is 1.01. The molecular weight excluding hydrogens is 382 g/mol. The zero-order valence-corrected chi connectivity index (χ0v) is 17.5. The molecule has 0 aliphatic carbocycles. The highest BCUT2D eigenvalue weighted by molar-refractivity contribution is 6.30. The molecule has 0 spiro atoms. The van der Waals surface area contributed by atoms with Crippen molar-refractivity contribution in [1.82, 2.24) is 14.5 Å². The van der Waals surface area contributed by atoms with Gasteiger partial charge in [0.25, 0.3) is 0 Å². The van der Waals surface area contributed by atoms with Gasteiger partial charge in [-0.2, -0.15) is 0 Å². The number of fused-ring (bicyclic) bond motifs is 2. The zero-order valence-electron chi connectivity index (χ0n) is 16.7. The van der Waals surface area contributed by atoms with Crippen molar-refractivity contribution in [2.75, 3.05) is 20.1 Å². The number of nitrogens with zero attached hydrogens (tertiary/aromatic N) is 3. The van der Waals surface area contributed by atoms with E-state index in [-0.39, 0.29) is 12.2 Å². The maximum absolute atomic E-state index is 6.75. The van der Waals surface area contributed by atoms with Gasteiger partial charge >= 0.3 is 0 Å². The van der Waals surface area contributed by atoms with Crippen LogP contribution >= 0.6 is 11.6 Å². The standard InChI is InChI=1S/C24H26ClN3O/c1-27-13-11-20(12-14-27)29-23-21-5-3-2-4-17(21)10-15-28-16-22(26-24(23)28)18-6-8-19(25)9-7-18/h2-9,16,20,23H,10-15H2,1H3. The Morgan fingerprint density at radius 3 is 2.55 bits per heavy atom. The molecule has 2 aliphatic heterocycles. The first kappa shape index (κ1) is 18.9. The molecule has 2 aliphatic rings. The SMILES string of the molecule is CN1CCC(OC2c3ccccc3CCn3cc(-c4ccc(Cl)cc4)nc32)CC1. The summed E-state index contributed by atoms with van der Waals surface area (Å²) >= 11 is 6.07. The van der Waals surface area contributed by atoms with Crippen LogP contribution in [0.5, 0.6) is 0 Å². The Hall–Kier alpha value is -2.14. The molecule has 0 radical (unpaired) electrons. The van der Waals surface area contributed by atoms with Gasteiger partial charge in [0.05, 0.1) is 11.8 Å². The van der Waals surface area contributed by atoms with E-state index >= 15 is 0 Å². The predicted octanol–water partition coefficient (Wildman–Crippen LogP) is 4.96. The van der Waals surface area contributed by atoms with Crippen LogP contribution < -0.4 is 0 Å². The van der Waals surface area contributed by atoms with Gasteiger partial charge in [0.15, 0.2) is 0 Å². The van der Waals surface area contributed by atoms with Gasteiger partial charge in [-0.3, -0.25) is 0 Å². The van der Waals surface area contributed by atoms with E-state index in [4.69, 9.17) is 21.3 Å². The molecule has 2 aromatic carbocycles. The fourth-order valence-electron chi connectivity index (χ4n) is 4.42. The van der Waals surface area contributed by atoms with Gasteiger partial charge in [-0.15, -0.1) is 0 Å². The van der Waals surface area contributed by atoms with E-state index < -0.39 is 0 Å². The van der Waals surface area contributed by atoms with E-state index in [1.54, 1.807) is 0 Å². The molecule has 1 aromatic heterocycles. The Kier molecular flexibility index (Phi) is 5.17. The molecule has 1 fully saturated rings. The quantitative estimate of drug-likeness (QED) is 0.614. The molecule has 1 saturated heterocycles. The van der Waals surface area contributed by atoms with Gasteiger partial charge in [0, 0.05) is 36.4 Å². The Balaban J connectivity index is 1.52. The second-order valence-electron chi connectivity index (χ2n) is 8.15. The molecule has 3 aromatic rings. The van der Waals surface area contributed by atoms with Crippen molar-refractivity contribution in [3.05, 3.63) is 76.7 Å². The molecule has 0 saturated carbocycles. The molecule has 4 nitrogen and oxygen atoms in total. The van der Waals surface area contributed by atoms with Crippen molar-refractivity contribution in [3.8, 4) is 11.3 Å². The fourth-order valence-corrected chi connectivity index (χ4v) is 4.55. The van der Waals surface area contributed by atoms with Crippen LogP contribution in [0, 0.1) is 0 Å². The molecule has 3 heterocycles. The van der Waals surface area contributed by atoms with Crippen LogP contribution in [0.3, 0.4) is 0 Å². The van der Waals surface area contributed by atoms with Crippen LogP contribution in [0.15, 0.2) is 54.7 Å². The number of halogens is 1. The van der Waals surface area contributed by atoms with Gasteiger partial charge < -0.3 is 14.2 Å². The smallest absolute Gasteiger partial charge is 0.143 e. The first-order valence-corrected chi connectivity index (χ1v) is 10.8. The number of ether oxygens (including phenoxy) is 1. The van der Waals surface area contributed by atoms with Crippen LogP contribution in [-0.2, 0) is 17.7 Å². The van der Waals surface area contributed by atoms with Gasteiger partial charge in [0.2, 0.25) is 0 Å². The number of likely N-dealkylation sites (tertiary alicyclic amines) is 1. The maximum atomic E-state index is 6.75. The van der Waals surface area contributed by atoms with E-state index in [2.05, 4.69) is 47.0 Å². The number of rotatable bonds is 3. The molecule has 0 N–H and O–H groups in total. The minimum Gasteiger partial charge on any atom is -0.362 e. The number of hydrogen-bond donors (Lipinski definition) is 0. The third-order valence-electron chi connectivity index (χ3n) is 6.14. The number of benzene rings is 2. The minimum atomic E-state index is -0.122. The number of aryl methyl sites for hydroxylation is 2. The summed E-state index contributed by atoms with van der Waals surface area (Å²) in [5, 5.41) is 0.743. The summed E-state index contributed by atoms with van der Waals surface area (Å²) in [6.07, 6.45) is 5.44. The van der Waals surface area contributed by atoms with E-state index in [1.807, 2.05) is 24.3 Å². The summed E-state index contributed by atoms with van der Waals surface area (Å²) in [6.45, 7) is 3.09. The van der Waals surface area contributed by atoms with Crippen LogP contribution in [0.2, 0.25) is 5.02 Å². The number of aromatic nitrogens is 2. The van der Waals surface area contributed by atoms with Crippen LogP contribution in [0.4, 0.5) is 0 Å². The number of hydrogen-bond acceptors (Lipinski definition) is 3. The van der Waals surface area contributed by atoms with Crippen molar-refractivity contribution in [2.24, 2.45) is 0 Å². The lowest BCUT2D eigenvalue weighted by Crippen LogP contribution is -2.35. The van der Waals surface area contributed by atoms with E-state index in [9.17, 15) is 0 Å². The second kappa shape index (κ2) is 7.94. The lowest BCUT2D eigenvalue weighted by molar-refractivity contribution is -0.0275. The topological polar surface area (TPSA) is 30.3 Å². The van der Waals surface area contributed by atoms with Crippen molar-refractivity contribution in [1.29, 1.82) is 0 Å². The van der Waals surface area contributed by atoms with Gasteiger partial charge in [0.1, 0.15) is 11.9 Å². The summed E-state index contributed by atoms with van der Waals surface area (Å²) in [6, 6.07) is 16.6. The van der Waals surface area contributed by atoms with E-state index in [0.717, 1.165) is 61.0 Å². The average molecular weight is 408 g/mol. The number of imidazole rings is 1. The largest absolute Gasteiger partial charge is 0.362 e. The summed E-state index contributed by atoms with van der Waals surface area (Å²) < 4.78 is 9.03. The third-order valence-corrected chi connectivity index (χ3v) is 6.39. The van der Waals surface area contributed by atoms with Crippen molar-refractivity contribution in [3.63, 3.8) is 0 Å². The normalized spacial score (nSPS) is 20.1. The Labute approximate surface area is 177 Å². The molecule has 0 bridgehead atoms. The van der Waals surface area contributed by atoms with Crippen LogP contribution in [0.25, 0.3) is 11.3 Å². The van der Waals surface area contributed by atoms with Gasteiger partial charge in [-0.05, 0) is 49.6 Å². The Morgan fingerprint density at radius 1 is 1.00 bits per heavy atom. The zero-order chi connectivity index (χ0) is 19.8. The molecule has 5 rings (SSSR count). The lowest BCUT2D eigenvalue weighted by Gasteiger charge is -2.32. The lowest BCUT2D eigenvalue weighted by atomic mass is 10.00. The van der Waals surface area contributed by atoms with Crippen molar-refractivity contribution >= 4 is 11.6 Å².